The molecule has 0 aromatic rings. The maximum Gasteiger partial charge on any atom is 0.345 e. The summed E-state index contributed by atoms with van der Waals surface area (Å²) < 4.78 is 91.5. The van der Waals surface area contributed by atoms with Crippen molar-refractivity contribution in [2.45, 2.75) is 38.0 Å². The van der Waals surface area contributed by atoms with Crippen LogP contribution in [-0.2, 0) is 38.1 Å². The molecule has 3 amide bonds. The molecule has 1 heterocycles. The van der Waals surface area contributed by atoms with Crippen LogP contribution in [0.1, 0.15) is 0 Å². The smallest absolute Gasteiger partial charge is 0.345 e. The van der Waals surface area contributed by atoms with Crippen LogP contribution in [0.4, 0.5) is 26.3 Å². The molecule has 1 rings (SSSR count). The van der Waals surface area contributed by atoms with Gasteiger partial charge in [-0.3, -0.25) is 19.3 Å². The molecule has 0 aromatic heterocycles. The van der Waals surface area contributed by atoms with Crippen molar-refractivity contribution >= 4 is 23.7 Å². The van der Waals surface area contributed by atoms with Crippen LogP contribution < -0.4 is 16.0 Å². The van der Waals surface area contributed by atoms with Gasteiger partial charge in [0, 0.05) is 13.1 Å². The third-order valence-corrected chi connectivity index (χ3v) is 4.54. The highest BCUT2D eigenvalue weighted by atomic mass is 19.3. The van der Waals surface area contributed by atoms with Crippen LogP contribution >= 0.6 is 0 Å². The molecule has 13 nitrogen and oxygen atoms in total. The quantitative estimate of drug-likeness (QED) is 0.156. The minimum Gasteiger partial charge on any atom is -0.480 e. The van der Waals surface area contributed by atoms with E-state index in [9.17, 15) is 45.5 Å². The first-order valence-corrected chi connectivity index (χ1v) is 10.5. The number of hydrogen-bond donors (Lipinski definition) is 4. The van der Waals surface area contributed by atoms with Crippen LogP contribution in [0.25, 0.3) is 0 Å². The minimum atomic E-state index is -3.45. The summed E-state index contributed by atoms with van der Waals surface area (Å²) >= 11 is 0. The van der Waals surface area contributed by atoms with E-state index in [0.717, 1.165) is 0 Å². The SMILES string of the molecule is O=C(CN1CCOCC1)N[C@@H](COC(F)F)C(=O)N[C@@H](COC(F)F)C(=O)N[C@@H](COC(F)F)C(=O)O. The number of nitrogens with one attached hydrogen (secondary N) is 3. The number of carbonyl (C=O) groups is 4. The van der Waals surface area contributed by atoms with Crippen molar-refractivity contribution in [3.8, 4) is 0 Å². The highest BCUT2D eigenvalue weighted by molar-refractivity contribution is 5.93. The zero-order valence-corrected chi connectivity index (χ0v) is 19.0. The zero-order chi connectivity index (χ0) is 28.0. The Hall–Kier alpha value is -2.74. The molecule has 19 heteroatoms. The Balaban J connectivity index is 2.92. The molecule has 4 N–H and O–H groups in total. The van der Waals surface area contributed by atoms with Crippen molar-refractivity contribution in [1.29, 1.82) is 0 Å². The van der Waals surface area contributed by atoms with Crippen LogP contribution in [0.5, 0.6) is 0 Å². The molecule has 1 fully saturated rings. The van der Waals surface area contributed by atoms with Crippen LogP contribution in [0, 0.1) is 0 Å². The summed E-state index contributed by atoms with van der Waals surface area (Å²) in [5.74, 6) is -5.48. The molecule has 1 aliphatic rings. The maximum atomic E-state index is 12.6. The lowest BCUT2D eigenvalue weighted by atomic mass is 10.2. The molecule has 0 saturated carbocycles. The number of alkyl halides is 6. The van der Waals surface area contributed by atoms with Gasteiger partial charge in [0.05, 0.1) is 39.6 Å². The molecule has 0 bridgehead atoms. The standard InChI is InChI=1S/C18H26F6N4O9/c19-16(20)35-6-9(25-12(29)5-28-1-3-34-4-2-28)13(30)26-10(7-36-17(21)22)14(31)27-11(15(32)33)8-37-18(23)24/h9-11,16-18H,1-8H2,(H,25,29)(H,26,30)(H,27,31)(H,32,33)/t9-,10-,11-/m0/s1. The van der Waals surface area contributed by atoms with E-state index in [-0.39, 0.29) is 6.54 Å². The van der Waals surface area contributed by atoms with Gasteiger partial charge in [-0.25, -0.2) is 4.79 Å². The van der Waals surface area contributed by atoms with E-state index in [4.69, 9.17) is 9.84 Å². The van der Waals surface area contributed by atoms with Gasteiger partial charge in [0.1, 0.15) is 12.1 Å². The first-order valence-electron chi connectivity index (χ1n) is 10.5. The molecule has 0 spiro atoms. The number of halogens is 6. The number of carbonyl (C=O) groups excluding carboxylic acids is 3. The van der Waals surface area contributed by atoms with E-state index in [1.165, 1.54) is 0 Å². The predicted octanol–water partition coefficient (Wildman–Crippen LogP) is -1.42. The van der Waals surface area contributed by atoms with Crippen molar-refractivity contribution in [1.82, 2.24) is 20.9 Å². The third kappa shape index (κ3) is 14.0. The number of nitrogens with zero attached hydrogens (tertiary/aromatic N) is 1. The highest BCUT2D eigenvalue weighted by Gasteiger charge is 2.32. The highest BCUT2D eigenvalue weighted by Crippen LogP contribution is 2.03. The van der Waals surface area contributed by atoms with E-state index in [1.807, 2.05) is 5.32 Å². The Bertz CT molecular complexity index is 746. The molecule has 37 heavy (non-hydrogen) atoms. The van der Waals surface area contributed by atoms with Crippen molar-refractivity contribution in [3.05, 3.63) is 0 Å². The molecule has 0 unspecified atom stereocenters. The van der Waals surface area contributed by atoms with E-state index in [2.05, 4.69) is 19.5 Å². The fourth-order valence-electron chi connectivity index (χ4n) is 2.79. The van der Waals surface area contributed by atoms with E-state index < -0.39 is 81.5 Å². The number of rotatable bonds is 17. The second kappa shape index (κ2) is 16.9. The number of ether oxygens (including phenoxy) is 4. The summed E-state index contributed by atoms with van der Waals surface area (Å²) in [4.78, 5) is 50.1. The van der Waals surface area contributed by atoms with Crippen LogP contribution in [0.15, 0.2) is 0 Å². The number of carboxylic acids is 1. The Labute approximate surface area is 205 Å². The summed E-state index contributed by atoms with van der Waals surface area (Å²) in [6, 6.07) is -6.00. The first-order chi connectivity index (χ1) is 17.4. The molecule has 0 radical (unpaired) electrons. The summed E-state index contributed by atoms with van der Waals surface area (Å²) in [5.41, 5.74) is 0. The Morgan fingerprint density at radius 1 is 0.730 bits per heavy atom. The number of amides is 3. The van der Waals surface area contributed by atoms with Gasteiger partial charge in [-0.15, -0.1) is 0 Å². The summed E-state index contributed by atoms with van der Waals surface area (Å²) in [5, 5.41) is 14.7. The van der Waals surface area contributed by atoms with Crippen LogP contribution in [0.2, 0.25) is 0 Å². The largest absolute Gasteiger partial charge is 0.480 e. The molecule has 0 aliphatic carbocycles. The molecule has 0 aromatic carbocycles. The molecule has 214 valence electrons. The normalized spacial score (nSPS) is 16.9. The molecular formula is C18H26F6N4O9. The van der Waals surface area contributed by atoms with Gasteiger partial charge in [0.25, 0.3) is 0 Å². The Kier molecular flexibility index (Phi) is 14.7. The lowest BCUT2D eigenvalue weighted by molar-refractivity contribution is -0.159. The number of hydrogen-bond acceptors (Lipinski definition) is 9. The van der Waals surface area contributed by atoms with Crippen LogP contribution in [-0.4, -0.2) is 124 Å². The predicted molar refractivity (Wildman–Crippen MR) is 107 cm³/mol. The van der Waals surface area contributed by atoms with Crippen LogP contribution in [0.3, 0.4) is 0 Å². The van der Waals surface area contributed by atoms with E-state index in [1.54, 1.807) is 10.2 Å². The van der Waals surface area contributed by atoms with Crippen molar-refractivity contribution in [2.24, 2.45) is 0 Å². The maximum absolute atomic E-state index is 12.6. The molecule has 1 saturated heterocycles. The molecule has 3 atom stereocenters. The lowest BCUT2D eigenvalue weighted by Gasteiger charge is -2.27. The molecular weight excluding hydrogens is 530 g/mol. The van der Waals surface area contributed by atoms with Gasteiger partial charge < -0.3 is 40.0 Å². The first kappa shape index (κ1) is 32.3. The van der Waals surface area contributed by atoms with Gasteiger partial charge in [0.15, 0.2) is 6.04 Å². The number of carboxylic acid groups (broad SMARTS) is 1. The third-order valence-electron chi connectivity index (χ3n) is 4.54. The van der Waals surface area contributed by atoms with Gasteiger partial charge in [0.2, 0.25) is 17.7 Å². The average molecular weight is 556 g/mol. The number of aliphatic carboxylic acids is 1. The van der Waals surface area contributed by atoms with Crippen molar-refractivity contribution in [3.63, 3.8) is 0 Å². The number of morpholine rings is 1. The fourth-order valence-corrected chi connectivity index (χ4v) is 2.79. The lowest BCUT2D eigenvalue weighted by Crippen LogP contribution is -2.59. The summed E-state index contributed by atoms with van der Waals surface area (Å²) in [6.45, 7) is -12.6. The zero-order valence-electron chi connectivity index (χ0n) is 19.0. The van der Waals surface area contributed by atoms with Crippen molar-refractivity contribution < 1.29 is 69.6 Å². The Morgan fingerprint density at radius 3 is 1.57 bits per heavy atom. The second-order valence-electron chi connectivity index (χ2n) is 7.25. The average Bonchev–Trinajstić information content (AvgIpc) is 2.81. The monoisotopic (exact) mass is 556 g/mol. The molecule has 1 aliphatic heterocycles. The topological polar surface area (TPSA) is 165 Å². The van der Waals surface area contributed by atoms with Gasteiger partial charge in [-0.05, 0) is 0 Å². The Morgan fingerprint density at radius 2 is 1.14 bits per heavy atom. The summed E-state index contributed by atoms with van der Waals surface area (Å²) in [7, 11) is 0. The summed E-state index contributed by atoms with van der Waals surface area (Å²) in [6.07, 6.45) is 0. The van der Waals surface area contributed by atoms with Gasteiger partial charge in [-0.2, -0.15) is 26.3 Å². The van der Waals surface area contributed by atoms with Gasteiger partial charge >= 0.3 is 25.8 Å². The van der Waals surface area contributed by atoms with Crippen molar-refractivity contribution in [2.75, 3.05) is 52.7 Å². The minimum absolute atomic E-state index is 0.259. The fraction of sp³-hybridized carbons (Fsp3) is 0.778. The van der Waals surface area contributed by atoms with E-state index in [0.29, 0.717) is 26.3 Å². The van der Waals surface area contributed by atoms with Gasteiger partial charge in [-0.1, -0.05) is 0 Å². The van der Waals surface area contributed by atoms with E-state index >= 15 is 0 Å². The second-order valence-corrected chi connectivity index (χ2v) is 7.25.